The number of nitrogens with zero attached hydrogens (tertiary/aromatic N) is 1. The summed E-state index contributed by atoms with van der Waals surface area (Å²) in [5.74, 6) is -1.05. The molecule has 1 aromatic rings. The standard InChI is InChI=1S/C10H11NO5/c1-16-9(12)10(13,7-11(14)15)8-5-3-2-4-6-8/h2-6,13H,7H2,1H3/t10-/m0/s1. The van der Waals surface area contributed by atoms with Gasteiger partial charge in [-0.2, -0.15) is 0 Å². The van der Waals surface area contributed by atoms with E-state index >= 15 is 0 Å². The number of ether oxygens (including phenoxy) is 1. The van der Waals surface area contributed by atoms with Crippen LogP contribution in [-0.2, 0) is 15.1 Å². The van der Waals surface area contributed by atoms with Crippen molar-refractivity contribution in [2.75, 3.05) is 13.7 Å². The Bertz CT molecular complexity index is 391. The summed E-state index contributed by atoms with van der Waals surface area (Å²) in [6.45, 7) is -0.927. The molecule has 6 nitrogen and oxygen atoms in total. The molecular weight excluding hydrogens is 214 g/mol. The van der Waals surface area contributed by atoms with Gasteiger partial charge in [0.15, 0.2) is 0 Å². The summed E-state index contributed by atoms with van der Waals surface area (Å²) in [7, 11) is 1.07. The van der Waals surface area contributed by atoms with Crippen LogP contribution in [-0.4, -0.2) is 29.7 Å². The highest BCUT2D eigenvalue weighted by molar-refractivity contribution is 5.81. The summed E-state index contributed by atoms with van der Waals surface area (Å²) < 4.78 is 4.38. The maximum atomic E-state index is 11.4. The number of esters is 1. The first-order chi connectivity index (χ1) is 7.50. The van der Waals surface area contributed by atoms with E-state index in [4.69, 9.17) is 0 Å². The molecule has 0 aliphatic heterocycles. The van der Waals surface area contributed by atoms with Gasteiger partial charge in [-0.15, -0.1) is 0 Å². The average Bonchev–Trinajstić information content (AvgIpc) is 2.28. The molecule has 0 bridgehead atoms. The van der Waals surface area contributed by atoms with E-state index in [0.717, 1.165) is 7.11 Å². The van der Waals surface area contributed by atoms with E-state index in [1.54, 1.807) is 18.2 Å². The molecule has 16 heavy (non-hydrogen) atoms. The Morgan fingerprint density at radius 2 is 2.06 bits per heavy atom. The van der Waals surface area contributed by atoms with Crippen LogP contribution in [0.4, 0.5) is 0 Å². The van der Waals surface area contributed by atoms with E-state index in [1.807, 2.05) is 0 Å². The minimum atomic E-state index is -2.24. The molecule has 0 saturated heterocycles. The van der Waals surface area contributed by atoms with Gasteiger partial charge in [0, 0.05) is 10.5 Å². The number of hydrogen-bond acceptors (Lipinski definition) is 5. The summed E-state index contributed by atoms with van der Waals surface area (Å²) in [6, 6.07) is 7.68. The van der Waals surface area contributed by atoms with Gasteiger partial charge in [0.25, 0.3) is 5.60 Å². The molecular formula is C10H11NO5. The van der Waals surface area contributed by atoms with Gasteiger partial charge in [-0.25, -0.2) is 4.79 Å². The Labute approximate surface area is 91.6 Å². The smallest absolute Gasteiger partial charge is 0.349 e. The van der Waals surface area contributed by atoms with Gasteiger partial charge < -0.3 is 9.84 Å². The number of aliphatic hydroxyl groups is 1. The molecule has 86 valence electrons. The second-order valence-electron chi connectivity index (χ2n) is 3.21. The molecule has 1 aromatic carbocycles. The third kappa shape index (κ3) is 2.34. The summed E-state index contributed by atoms with van der Waals surface area (Å²) in [5, 5.41) is 20.5. The lowest BCUT2D eigenvalue weighted by atomic mass is 9.94. The first kappa shape index (κ1) is 12.1. The van der Waals surface area contributed by atoms with Crippen molar-refractivity contribution in [2.24, 2.45) is 0 Å². The average molecular weight is 225 g/mol. The molecule has 0 amide bonds. The molecule has 0 spiro atoms. The van der Waals surface area contributed by atoms with Crippen LogP contribution in [0.25, 0.3) is 0 Å². The molecule has 1 N–H and O–H groups in total. The highest BCUT2D eigenvalue weighted by atomic mass is 16.6. The number of nitro groups is 1. The minimum Gasteiger partial charge on any atom is -0.466 e. The van der Waals surface area contributed by atoms with Crippen LogP contribution in [0.15, 0.2) is 30.3 Å². The highest BCUT2D eigenvalue weighted by Gasteiger charge is 2.44. The zero-order valence-corrected chi connectivity index (χ0v) is 8.62. The van der Waals surface area contributed by atoms with Gasteiger partial charge in [-0.3, -0.25) is 10.1 Å². The highest BCUT2D eigenvalue weighted by Crippen LogP contribution is 2.22. The molecule has 1 atom stereocenters. The van der Waals surface area contributed by atoms with Crippen molar-refractivity contribution >= 4 is 5.97 Å². The first-order valence-electron chi connectivity index (χ1n) is 4.49. The molecule has 1 rings (SSSR count). The number of carbonyl (C=O) groups is 1. The Morgan fingerprint density at radius 3 is 2.50 bits per heavy atom. The lowest BCUT2D eigenvalue weighted by Gasteiger charge is -2.21. The number of hydrogen-bond donors (Lipinski definition) is 1. The molecule has 6 heteroatoms. The van der Waals surface area contributed by atoms with Crippen LogP contribution in [0.3, 0.4) is 0 Å². The Morgan fingerprint density at radius 1 is 1.50 bits per heavy atom. The molecule has 0 heterocycles. The fraction of sp³-hybridized carbons (Fsp3) is 0.300. The van der Waals surface area contributed by atoms with Gasteiger partial charge in [0.2, 0.25) is 6.54 Å². The second kappa shape index (κ2) is 4.71. The van der Waals surface area contributed by atoms with Crippen molar-refractivity contribution < 1.29 is 19.6 Å². The summed E-state index contributed by atoms with van der Waals surface area (Å²) in [4.78, 5) is 21.1. The van der Waals surface area contributed by atoms with Crippen molar-refractivity contribution in [2.45, 2.75) is 5.60 Å². The Balaban J connectivity index is 3.14. The van der Waals surface area contributed by atoms with Crippen LogP contribution < -0.4 is 0 Å². The number of carbonyl (C=O) groups excluding carboxylic acids is 1. The van der Waals surface area contributed by atoms with Gasteiger partial charge in [0.05, 0.1) is 7.11 Å². The van der Waals surface area contributed by atoms with Crippen molar-refractivity contribution in [1.29, 1.82) is 0 Å². The predicted octanol–water partition coefficient (Wildman–Crippen LogP) is 0.324. The second-order valence-corrected chi connectivity index (χ2v) is 3.21. The first-order valence-corrected chi connectivity index (χ1v) is 4.49. The maximum absolute atomic E-state index is 11.4. The topological polar surface area (TPSA) is 89.7 Å². The van der Waals surface area contributed by atoms with Crippen LogP contribution in [0.2, 0.25) is 0 Å². The molecule has 0 fully saturated rings. The number of methoxy groups -OCH3 is 1. The SMILES string of the molecule is COC(=O)[C@](O)(C[N+](=O)[O-])c1ccccc1. The largest absolute Gasteiger partial charge is 0.466 e. The zero-order valence-electron chi connectivity index (χ0n) is 8.62. The lowest BCUT2D eigenvalue weighted by Crippen LogP contribution is -2.43. The van der Waals surface area contributed by atoms with E-state index in [9.17, 15) is 20.0 Å². The maximum Gasteiger partial charge on any atom is 0.349 e. The van der Waals surface area contributed by atoms with Crippen molar-refractivity contribution in [3.05, 3.63) is 46.0 Å². The third-order valence-electron chi connectivity index (χ3n) is 2.13. The Kier molecular flexibility index (Phi) is 3.57. The van der Waals surface area contributed by atoms with Gasteiger partial charge in [0.1, 0.15) is 0 Å². The zero-order chi connectivity index (χ0) is 12.2. The quantitative estimate of drug-likeness (QED) is 0.453. The molecule has 0 aromatic heterocycles. The molecule has 0 aliphatic rings. The van der Waals surface area contributed by atoms with Crippen LogP contribution in [0.5, 0.6) is 0 Å². The monoisotopic (exact) mass is 225 g/mol. The molecule has 0 saturated carbocycles. The molecule has 0 unspecified atom stereocenters. The van der Waals surface area contributed by atoms with E-state index in [0.29, 0.717) is 0 Å². The third-order valence-corrected chi connectivity index (χ3v) is 2.13. The van der Waals surface area contributed by atoms with Crippen LogP contribution >= 0.6 is 0 Å². The Hall–Kier alpha value is -1.95. The van der Waals surface area contributed by atoms with Crippen molar-refractivity contribution in [3.8, 4) is 0 Å². The van der Waals surface area contributed by atoms with E-state index in [-0.39, 0.29) is 5.56 Å². The van der Waals surface area contributed by atoms with Gasteiger partial charge in [-0.1, -0.05) is 30.3 Å². The fourth-order valence-corrected chi connectivity index (χ4v) is 1.34. The summed E-state index contributed by atoms with van der Waals surface area (Å²) >= 11 is 0. The number of benzene rings is 1. The van der Waals surface area contributed by atoms with E-state index < -0.39 is 23.0 Å². The number of rotatable bonds is 4. The van der Waals surface area contributed by atoms with Crippen molar-refractivity contribution in [1.82, 2.24) is 0 Å². The van der Waals surface area contributed by atoms with Gasteiger partial charge >= 0.3 is 5.97 Å². The summed E-state index contributed by atoms with van der Waals surface area (Å²) in [6.07, 6.45) is 0. The van der Waals surface area contributed by atoms with Crippen LogP contribution in [0.1, 0.15) is 5.56 Å². The predicted molar refractivity (Wildman–Crippen MR) is 54.2 cm³/mol. The minimum absolute atomic E-state index is 0.138. The fourth-order valence-electron chi connectivity index (χ4n) is 1.34. The lowest BCUT2D eigenvalue weighted by molar-refractivity contribution is -0.499. The van der Waals surface area contributed by atoms with Crippen LogP contribution in [0, 0.1) is 10.1 Å². The summed E-state index contributed by atoms with van der Waals surface area (Å²) in [5.41, 5.74) is -2.10. The van der Waals surface area contributed by atoms with Crippen molar-refractivity contribution in [3.63, 3.8) is 0 Å². The normalized spacial score (nSPS) is 13.9. The molecule has 0 aliphatic carbocycles. The van der Waals surface area contributed by atoms with E-state index in [2.05, 4.69) is 4.74 Å². The molecule has 0 radical (unpaired) electrons. The van der Waals surface area contributed by atoms with E-state index in [1.165, 1.54) is 12.1 Å². The van der Waals surface area contributed by atoms with Gasteiger partial charge in [-0.05, 0) is 0 Å².